The molecule has 0 fully saturated rings. The average Bonchev–Trinajstić information content (AvgIpc) is 3.27. The zero-order chi connectivity index (χ0) is 18.1. The molecule has 0 bridgehead atoms. The third-order valence-corrected chi connectivity index (χ3v) is 5.10. The van der Waals surface area contributed by atoms with Crippen molar-refractivity contribution < 1.29 is 14.4 Å². The summed E-state index contributed by atoms with van der Waals surface area (Å²) in [5, 5.41) is 11.8. The normalized spacial score (nSPS) is 11.5. The molecule has 0 aliphatic heterocycles. The van der Waals surface area contributed by atoms with Gasteiger partial charge in [-0.1, -0.05) is 12.1 Å². The molecule has 2 aromatic rings. The van der Waals surface area contributed by atoms with Gasteiger partial charge in [0.1, 0.15) is 6.04 Å². The molecule has 0 spiro atoms. The van der Waals surface area contributed by atoms with E-state index in [0.29, 0.717) is 13.1 Å². The molecule has 2 rings (SSSR count). The topological polar surface area (TPSA) is 113 Å². The zero-order valence-corrected chi connectivity index (χ0v) is 15.1. The summed E-state index contributed by atoms with van der Waals surface area (Å²) in [5.41, 5.74) is 5.12. The van der Waals surface area contributed by atoms with Crippen molar-refractivity contribution in [2.45, 2.75) is 32.0 Å². The lowest BCUT2D eigenvalue weighted by Gasteiger charge is -2.17. The number of carbonyl (C=O) groups excluding carboxylic acids is 3. The van der Waals surface area contributed by atoms with Crippen LogP contribution in [0.1, 0.15) is 22.6 Å². The maximum atomic E-state index is 12.2. The van der Waals surface area contributed by atoms with E-state index in [1.165, 1.54) is 11.3 Å². The second-order valence-electron chi connectivity index (χ2n) is 5.25. The number of amides is 4. The predicted molar refractivity (Wildman–Crippen MR) is 98.1 cm³/mol. The van der Waals surface area contributed by atoms with E-state index in [1.807, 2.05) is 35.0 Å². The highest BCUT2D eigenvalue weighted by molar-refractivity contribution is 7.10. The van der Waals surface area contributed by atoms with Crippen molar-refractivity contribution in [2.24, 2.45) is 5.73 Å². The Bertz CT molecular complexity index is 686. The third kappa shape index (κ3) is 6.94. The molecule has 0 radical (unpaired) electrons. The fraction of sp³-hybridized carbons (Fsp3) is 0.312. The van der Waals surface area contributed by atoms with Gasteiger partial charge in [-0.3, -0.25) is 9.59 Å². The Kier molecular flexibility index (Phi) is 7.42. The van der Waals surface area contributed by atoms with Crippen LogP contribution in [0.25, 0.3) is 0 Å². The van der Waals surface area contributed by atoms with Crippen LogP contribution in [-0.4, -0.2) is 23.9 Å². The molecule has 25 heavy (non-hydrogen) atoms. The summed E-state index contributed by atoms with van der Waals surface area (Å²) >= 11 is 3.08. The van der Waals surface area contributed by atoms with Crippen LogP contribution in [0, 0.1) is 0 Å². The van der Waals surface area contributed by atoms with E-state index in [1.54, 1.807) is 11.3 Å². The van der Waals surface area contributed by atoms with Crippen molar-refractivity contribution in [1.82, 2.24) is 16.0 Å². The molecule has 134 valence electrons. The molecule has 0 aliphatic carbocycles. The van der Waals surface area contributed by atoms with Crippen LogP contribution >= 0.6 is 22.7 Å². The standard InChI is InChI=1S/C16H20N4O3S2/c17-16(23)20-13(15(22)19-10-12-4-2-8-25-12)5-6-14(21)18-9-11-3-1-7-24-11/h1-4,7-8,13H,5-6,9-10H2,(H,18,21)(H,19,22)(H3,17,20,23). The summed E-state index contributed by atoms with van der Waals surface area (Å²) in [5.74, 6) is -0.547. The van der Waals surface area contributed by atoms with E-state index in [4.69, 9.17) is 5.73 Å². The fourth-order valence-corrected chi connectivity index (χ4v) is 3.40. The molecule has 2 aromatic heterocycles. The Balaban J connectivity index is 1.78. The molecule has 7 nitrogen and oxygen atoms in total. The number of rotatable bonds is 9. The van der Waals surface area contributed by atoms with Gasteiger partial charge in [0.15, 0.2) is 0 Å². The molecule has 4 amide bonds. The van der Waals surface area contributed by atoms with Crippen LogP contribution < -0.4 is 21.7 Å². The van der Waals surface area contributed by atoms with Gasteiger partial charge in [0.25, 0.3) is 0 Å². The molecule has 2 heterocycles. The highest BCUT2D eigenvalue weighted by atomic mass is 32.1. The first-order valence-electron chi connectivity index (χ1n) is 7.69. The summed E-state index contributed by atoms with van der Waals surface area (Å²) in [7, 11) is 0. The van der Waals surface area contributed by atoms with Crippen molar-refractivity contribution in [1.29, 1.82) is 0 Å². The highest BCUT2D eigenvalue weighted by Gasteiger charge is 2.20. The van der Waals surface area contributed by atoms with Gasteiger partial charge in [0.05, 0.1) is 13.1 Å². The number of nitrogens with one attached hydrogen (secondary N) is 3. The maximum Gasteiger partial charge on any atom is 0.312 e. The summed E-state index contributed by atoms with van der Waals surface area (Å²) in [6.07, 6.45) is 0.290. The van der Waals surface area contributed by atoms with Crippen molar-refractivity contribution >= 4 is 40.5 Å². The van der Waals surface area contributed by atoms with Crippen LogP contribution in [0.15, 0.2) is 35.0 Å². The lowest BCUT2D eigenvalue weighted by molar-refractivity contribution is -0.124. The van der Waals surface area contributed by atoms with Crippen LogP contribution in [0.5, 0.6) is 0 Å². The fourth-order valence-electron chi connectivity index (χ4n) is 2.11. The molecule has 0 saturated carbocycles. The lowest BCUT2D eigenvalue weighted by Crippen LogP contribution is -2.48. The van der Waals surface area contributed by atoms with Gasteiger partial charge in [-0.05, 0) is 29.3 Å². The number of urea groups is 1. The Morgan fingerprint density at radius 2 is 1.60 bits per heavy atom. The summed E-state index contributed by atoms with van der Waals surface area (Å²) in [6.45, 7) is 0.826. The first kappa shape index (κ1) is 18.9. The summed E-state index contributed by atoms with van der Waals surface area (Å²) in [6, 6.07) is 6.00. The van der Waals surface area contributed by atoms with Gasteiger partial charge in [-0.25, -0.2) is 4.79 Å². The molecular weight excluding hydrogens is 360 g/mol. The largest absolute Gasteiger partial charge is 0.352 e. The quantitative estimate of drug-likeness (QED) is 0.529. The van der Waals surface area contributed by atoms with E-state index in [2.05, 4.69) is 16.0 Å². The minimum absolute atomic E-state index is 0.114. The summed E-state index contributed by atoms with van der Waals surface area (Å²) in [4.78, 5) is 37.3. The molecule has 1 atom stereocenters. The predicted octanol–water partition coefficient (Wildman–Crippen LogP) is 1.56. The first-order chi connectivity index (χ1) is 12.0. The molecule has 0 aliphatic rings. The number of thiophene rings is 2. The second kappa shape index (κ2) is 9.80. The molecule has 1 unspecified atom stereocenters. The Hall–Kier alpha value is -2.39. The Labute approximate surface area is 153 Å². The molecule has 0 saturated heterocycles. The number of carbonyl (C=O) groups is 3. The summed E-state index contributed by atoms with van der Waals surface area (Å²) < 4.78 is 0. The lowest BCUT2D eigenvalue weighted by atomic mass is 10.1. The van der Waals surface area contributed by atoms with E-state index in [-0.39, 0.29) is 24.7 Å². The van der Waals surface area contributed by atoms with Gasteiger partial charge in [0.2, 0.25) is 11.8 Å². The number of hydrogen-bond donors (Lipinski definition) is 4. The minimum Gasteiger partial charge on any atom is -0.352 e. The van der Waals surface area contributed by atoms with E-state index < -0.39 is 12.1 Å². The third-order valence-electron chi connectivity index (χ3n) is 3.35. The molecule has 5 N–H and O–H groups in total. The number of nitrogens with two attached hydrogens (primary N) is 1. The van der Waals surface area contributed by atoms with E-state index in [9.17, 15) is 14.4 Å². The monoisotopic (exact) mass is 380 g/mol. The van der Waals surface area contributed by atoms with Crippen LogP contribution in [0.4, 0.5) is 4.79 Å². The second-order valence-corrected chi connectivity index (χ2v) is 7.32. The van der Waals surface area contributed by atoms with Gasteiger partial charge >= 0.3 is 6.03 Å². The molecular formula is C16H20N4O3S2. The van der Waals surface area contributed by atoms with Crippen molar-refractivity contribution in [3.05, 3.63) is 44.8 Å². The van der Waals surface area contributed by atoms with Crippen LogP contribution in [0.2, 0.25) is 0 Å². The Morgan fingerprint density at radius 3 is 2.12 bits per heavy atom. The van der Waals surface area contributed by atoms with Crippen molar-refractivity contribution in [3.8, 4) is 0 Å². The van der Waals surface area contributed by atoms with Crippen molar-refractivity contribution in [2.75, 3.05) is 0 Å². The highest BCUT2D eigenvalue weighted by Crippen LogP contribution is 2.09. The average molecular weight is 380 g/mol. The van der Waals surface area contributed by atoms with E-state index in [0.717, 1.165) is 9.75 Å². The zero-order valence-electron chi connectivity index (χ0n) is 13.5. The SMILES string of the molecule is NC(=O)NC(CCC(=O)NCc1cccs1)C(=O)NCc1cccs1. The van der Waals surface area contributed by atoms with Crippen LogP contribution in [0.3, 0.4) is 0 Å². The molecule has 0 aromatic carbocycles. The van der Waals surface area contributed by atoms with E-state index >= 15 is 0 Å². The van der Waals surface area contributed by atoms with Gasteiger partial charge in [-0.2, -0.15) is 0 Å². The Morgan fingerprint density at radius 1 is 1.00 bits per heavy atom. The smallest absolute Gasteiger partial charge is 0.312 e. The molecule has 9 heteroatoms. The van der Waals surface area contributed by atoms with Gasteiger partial charge in [0, 0.05) is 16.2 Å². The van der Waals surface area contributed by atoms with Crippen LogP contribution in [-0.2, 0) is 22.7 Å². The maximum absolute atomic E-state index is 12.2. The number of hydrogen-bond acceptors (Lipinski definition) is 5. The first-order valence-corrected chi connectivity index (χ1v) is 9.45. The van der Waals surface area contributed by atoms with Gasteiger partial charge in [-0.15, -0.1) is 22.7 Å². The minimum atomic E-state index is -0.843. The van der Waals surface area contributed by atoms with Crippen molar-refractivity contribution in [3.63, 3.8) is 0 Å². The number of primary amides is 1. The van der Waals surface area contributed by atoms with Gasteiger partial charge < -0.3 is 21.7 Å².